The van der Waals surface area contributed by atoms with Gasteiger partial charge in [-0.25, -0.2) is 0 Å². The van der Waals surface area contributed by atoms with E-state index in [2.05, 4.69) is 23.1 Å². The second-order valence-corrected chi connectivity index (χ2v) is 5.13. The number of rotatable bonds is 5. The first-order valence-electron chi connectivity index (χ1n) is 5.38. The van der Waals surface area contributed by atoms with Gasteiger partial charge in [0.25, 0.3) is 0 Å². The molecule has 1 fully saturated rings. The van der Waals surface area contributed by atoms with Gasteiger partial charge in [-0.15, -0.1) is 0 Å². The average Bonchev–Trinajstić information content (AvgIpc) is 2.18. The number of nitrogens with two attached hydrogens (primary N) is 1. The van der Waals surface area contributed by atoms with Crippen LogP contribution >= 0.6 is 11.8 Å². The molecule has 4 heteroatoms. The molecule has 0 aromatic carbocycles. The Labute approximate surface area is 92.0 Å². The van der Waals surface area contributed by atoms with Crippen LogP contribution in [0, 0.1) is 0 Å². The molecule has 0 bridgehead atoms. The van der Waals surface area contributed by atoms with Crippen molar-refractivity contribution in [3.63, 3.8) is 0 Å². The fourth-order valence-electron chi connectivity index (χ4n) is 1.72. The summed E-state index contributed by atoms with van der Waals surface area (Å²) in [5.74, 6) is 1.19. The Hall–Kier alpha value is 0.230. The molecule has 1 aliphatic rings. The van der Waals surface area contributed by atoms with E-state index in [1.54, 1.807) is 0 Å². The standard InChI is InChI=1S/C10H23N3S/c1-12-4-6-13(7-5-12)9-10(11)3-8-14-2/h10H,3-9,11H2,1-2H3. The van der Waals surface area contributed by atoms with E-state index >= 15 is 0 Å². The van der Waals surface area contributed by atoms with Crippen LogP contribution in [0.3, 0.4) is 0 Å². The monoisotopic (exact) mass is 217 g/mol. The van der Waals surface area contributed by atoms with Crippen molar-refractivity contribution >= 4 is 11.8 Å². The Balaban J connectivity index is 2.10. The summed E-state index contributed by atoms with van der Waals surface area (Å²) in [6, 6.07) is 0.367. The third-order valence-corrected chi connectivity index (χ3v) is 3.43. The number of likely N-dealkylation sites (N-methyl/N-ethyl adjacent to an activating group) is 1. The molecular formula is C10H23N3S. The summed E-state index contributed by atoms with van der Waals surface area (Å²) in [6.45, 7) is 5.83. The first-order valence-corrected chi connectivity index (χ1v) is 6.77. The summed E-state index contributed by atoms with van der Waals surface area (Å²) >= 11 is 1.89. The molecule has 84 valence electrons. The molecule has 0 aliphatic carbocycles. The van der Waals surface area contributed by atoms with E-state index < -0.39 is 0 Å². The highest BCUT2D eigenvalue weighted by Gasteiger charge is 2.15. The fraction of sp³-hybridized carbons (Fsp3) is 1.00. The molecule has 1 heterocycles. The van der Waals surface area contributed by atoms with Crippen LogP contribution in [0.5, 0.6) is 0 Å². The Bertz CT molecular complexity index is 146. The Morgan fingerprint density at radius 3 is 2.50 bits per heavy atom. The molecule has 0 aromatic heterocycles. The number of piperazine rings is 1. The van der Waals surface area contributed by atoms with Crippen molar-refractivity contribution < 1.29 is 0 Å². The average molecular weight is 217 g/mol. The van der Waals surface area contributed by atoms with Gasteiger partial charge in [-0.3, -0.25) is 4.90 Å². The zero-order valence-corrected chi connectivity index (χ0v) is 10.2. The van der Waals surface area contributed by atoms with Crippen molar-refractivity contribution in [3.8, 4) is 0 Å². The third kappa shape index (κ3) is 4.64. The smallest absolute Gasteiger partial charge is 0.0175 e. The summed E-state index contributed by atoms with van der Waals surface area (Å²) in [6.07, 6.45) is 3.29. The summed E-state index contributed by atoms with van der Waals surface area (Å²) < 4.78 is 0. The van der Waals surface area contributed by atoms with Crippen LogP contribution in [0.15, 0.2) is 0 Å². The first kappa shape index (κ1) is 12.3. The molecule has 1 atom stereocenters. The van der Waals surface area contributed by atoms with Crippen molar-refractivity contribution in [2.75, 3.05) is 51.8 Å². The van der Waals surface area contributed by atoms with Crippen molar-refractivity contribution in [1.29, 1.82) is 0 Å². The molecule has 1 unspecified atom stereocenters. The minimum absolute atomic E-state index is 0.367. The van der Waals surface area contributed by atoms with Gasteiger partial charge >= 0.3 is 0 Å². The largest absolute Gasteiger partial charge is 0.327 e. The molecule has 0 radical (unpaired) electrons. The van der Waals surface area contributed by atoms with Gasteiger partial charge < -0.3 is 10.6 Å². The van der Waals surface area contributed by atoms with Gasteiger partial charge in [-0.05, 0) is 25.5 Å². The van der Waals surface area contributed by atoms with Gasteiger partial charge in [0.15, 0.2) is 0 Å². The maximum atomic E-state index is 6.06. The van der Waals surface area contributed by atoms with Crippen LogP contribution in [0.2, 0.25) is 0 Å². The van der Waals surface area contributed by atoms with Crippen molar-refractivity contribution in [2.45, 2.75) is 12.5 Å². The van der Waals surface area contributed by atoms with E-state index in [0.717, 1.165) is 13.0 Å². The Morgan fingerprint density at radius 1 is 1.29 bits per heavy atom. The maximum Gasteiger partial charge on any atom is 0.0175 e. The van der Waals surface area contributed by atoms with Gasteiger partial charge in [-0.1, -0.05) is 0 Å². The number of thioether (sulfide) groups is 1. The second kappa shape index (κ2) is 6.67. The summed E-state index contributed by atoms with van der Waals surface area (Å²) in [5, 5.41) is 0. The highest BCUT2D eigenvalue weighted by atomic mass is 32.2. The predicted molar refractivity (Wildman–Crippen MR) is 64.9 cm³/mol. The van der Waals surface area contributed by atoms with Gasteiger partial charge in [0.1, 0.15) is 0 Å². The van der Waals surface area contributed by atoms with Crippen LogP contribution in [-0.2, 0) is 0 Å². The molecular weight excluding hydrogens is 194 g/mol. The molecule has 0 saturated carbocycles. The molecule has 14 heavy (non-hydrogen) atoms. The van der Waals surface area contributed by atoms with Gasteiger partial charge in [0.2, 0.25) is 0 Å². The maximum absolute atomic E-state index is 6.06. The SMILES string of the molecule is CSCCC(N)CN1CCN(C)CC1. The van der Waals surface area contributed by atoms with Crippen molar-refractivity contribution in [3.05, 3.63) is 0 Å². The highest BCUT2D eigenvalue weighted by Crippen LogP contribution is 2.03. The molecule has 3 nitrogen and oxygen atoms in total. The lowest BCUT2D eigenvalue weighted by molar-refractivity contribution is 0.147. The van der Waals surface area contributed by atoms with Gasteiger partial charge in [0, 0.05) is 38.8 Å². The first-order chi connectivity index (χ1) is 6.72. The third-order valence-electron chi connectivity index (χ3n) is 2.78. The molecule has 1 saturated heterocycles. The van der Waals surface area contributed by atoms with Crippen LogP contribution < -0.4 is 5.73 Å². The molecule has 0 amide bonds. The zero-order valence-electron chi connectivity index (χ0n) is 9.41. The van der Waals surface area contributed by atoms with Crippen LogP contribution in [-0.4, -0.2) is 67.6 Å². The second-order valence-electron chi connectivity index (χ2n) is 4.15. The lowest BCUT2D eigenvalue weighted by atomic mass is 10.2. The number of nitrogens with zero attached hydrogens (tertiary/aromatic N) is 2. The Morgan fingerprint density at radius 2 is 1.93 bits per heavy atom. The van der Waals surface area contributed by atoms with Gasteiger partial charge in [0.05, 0.1) is 0 Å². The summed E-state index contributed by atoms with van der Waals surface area (Å²) in [5.41, 5.74) is 6.06. The zero-order chi connectivity index (χ0) is 10.4. The molecule has 0 spiro atoms. The highest BCUT2D eigenvalue weighted by molar-refractivity contribution is 7.98. The van der Waals surface area contributed by atoms with E-state index in [0.29, 0.717) is 6.04 Å². The van der Waals surface area contributed by atoms with E-state index in [-0.39, 0.29) is 0 Å². The molecule has 1 rings (SSSR count). The minimum atomic E-state index is 0.367. The lowest BCUT2D eigenvalue weighted by Crippen LogP contribution is -2.48. The van der Waals surface area contributed by atoms with E-state index in [1.807, 2.05) is 11.8 Å². The van der Waals surface area contributed by atoms with Crippen molar-refractivity contribution in [2.24, 2.45) is 5.73 Å². The van der Waals surface area contributed by atoms with E-state index in [4.69, 9.17) is 5.73 Å². The Kier molecular flexibility index (Phi) is 5.86. The lowest BCUT2D eigenvalue weighted by Gasteiger charge is -2.33. The molecule has 0 aromatic rings. The van der Waals surface area contributed by atoms with Crippen LogP contribution in [0.4, 0.5) is 0 Å². The quantitative estimate of drug-likeness (QED) is 0.719. The molecule has 2 N–H and O–H groups in total. The topological polar surface area (TPSA) is 32.5 Å². The summed E-state index contributed by atoms with van der Waals surface area (Å²) in [7, 11) is 2.19. The molecule has 1 aliphatic heterocycles. The van der Waals surface area contributed by atoms with E-state index in [9.17, 15) is 0 Å². The number of hydrogen-bond donors (Lipinski definition) is 1. The minimum Gasteiger partial charge on any atom is -0.327 e. The van der Waals surface area contributed by atoms with Gasteiger partial charge in [-0.2, -0.15) is 11.8 Å². The number of hydrogen-bond acceptors (Lipinski definition) is 4. The van der Waals surface area contributed by atoms with Crippen LogP contribution in [0.1, 0.15) is 6.42 Å². The van der Waals surface area contributed by atoms with Crippen LogP contribution in [0.25, 0.3) is 0 Å². The fourth-order valence-corrected chi connectivity index (χ4v) is 2.26. The predicted octanol–water partition coefficient (Wildman–Crippen LogP) is 0.314. The van der Waals surface area contributed by atoms with Crippen molar-refractivity contribution in [1.82, 2.24) is 9.80 Å². The normalized spacial score (nSPS) is 22.5. The van der Waals surface area contributed by atoms with E-state index in [1.165, 1.54) is 31.9 Å². The summed E-state index contributed by atoms with van der Waals surface area (Å²) in [4.78, 5) is 4.87.